The number of carboxylic acid groups (broad SMARTS) is 1. The van der Waals surface area contributed by atoms with Gasteiger partial charge in [-0.05, 0) is 12.1 Å². The van der Waals surface area contributed by atoms with Gasteiger partial charge in [-0.25, -0.2) is 19.6 Å². The van der Waals surface area contributed by atoms with E-state index in [2.05, 4.69) is 9.97 Å². The van der Waals surface area contributed by atoms with Gasteiger partial charge in [0, 0.05) is 12.4 Å². The van der Waals surface area contributed by atoms with Gasteiger partial charge in [-0.1, -0.05) is 23.7 Å². The molecule has 1 N–H and O–H groups in total. The number of hydrogen-bond donors (Lipinski definition) is 1. The number of para-hydroxylation sites is 1. The molecule has 0 bridgehead atoms. The van der Waals surface area contributed by atoms with Gasteiger partial charge in [-0.15, -0.1) is 0 Å². The van der Waals surface area contributed by atoms with Gasteiger partial charge in [0.15, 0.2) is 11.4 Å². The molecule has 2 rings (SSSR count). The van der Waals surface area contributed by atoms with Crippen LogP contribution in [0.4, 0.5) is 0 Å². The Bertz CT molecular complexity index is 645. The van der Waals surface area contributed by atoms with Crippen molar-refractivity contribution in [2.75, 3.05) is 0 Å². The van der Waals surface area contributed by atoms with Crippen molar-refractivity contribution in [1.82, 2.24) is 9.97 Å². The first-order valence-electron chi connectivity index (χ1n) is 5.10. The summed E-state index contributed by atoms with van der Waals surface area (Å²) in [6, 6.07) is 6.32. The molecule has 0 amide bonds. The number of halogens is 1. The number of carbonyl (C=O) groups excluding carboxylic acids is 1. The number of rotatable bonds is 3. The highest BCUT2D eigenvalue weighted by Gasteiger charge is 2.21. The van der Waals surface area contributed by atoms with E-state index in [0.717, 1.165) is 0 Å². The number of esters is 1. The monoisotopic (exact) mass is 278 g/mol. The molecule has 0 saturated heterocycles. The van der Waals surface area contributed by atoms with Crippen molar-refractivity contribution < 1.29 is 19.4 Å². The highest BCUT2D eigenvalue weighted by molar-refractivity contribution is 6.32. The molecule has 96 valence electrons. The fourth-order valence-corrected chi connectivity index (χ4v) is 1.49. The molecule has 1 aromatic carbocycles. The number of carbonyl (C=O) groups is 2. The van der Waals surface area contributed by atoms with Crippen LogP contribution in [0.3, 0.4) is 0 Å². The SMILES string of the molecule is O=C(O)c1nccnc1C(=O)Oc1ccccc1Cl. The molecule has 1 heterocycles. The molecular weight excluding hydrogens is 272 g/mol. The number of nitrogens with zero attached hydrogens (tertiary/aromatic N) is 2. The first-order valence-corrected chi connectivity index (χ1v) is 5.48. The predicted molar refractivity (Wildman–Crippen MR) is 65.4 cm³/mol. The largest absolute Gasteiger partial charge is 0.476 e. The average Bonchev–Trinajstić information content (AvgIpc) is 2.41. The van der Waals surface area contributed by atoms with E-state index in [4.69, 9.17) is 21.4 Å². The van der Waals surface area contributed by atoms with Crippen LogP contribution in [0.1, 0.15) is 21.0 Å². The second kappa shape index (κ2) is 5.45. The van der Waals surface area contributed by atoms with Crippen LogP contribution in [0.25, 0.3) is 0 Å². The van der Waals surface area contributed by atoms with E-state index < -0.39 is 17.6 Å². The Labute approximate surface area is 112 Å². The summed E-state index contributed by atoms with van der Waals surface area (Å²) in [5, 5.41) is 9.13. The molecule has 0 fully saturated rings. The molecule has 1 aromatic heterocycles. The minimum Gasteiger partial charge on any atom is -0.476 e. The van der Waals surface area contributed by atoms with Crippen molar-refractivity contribution >= 4 is 23.5 Å². The van der Waals surface area contributed by atoms with Crippen molar-refractivity contribution in [3.05, 3.63) is 53.1 Å². The zero-order valence-electron chi connectivity index (χ0n) is 9.41. The van der Waals surface area contributed by atoms with E-state index in [9.17, 15) is 9.59 Å². The number of carboxylic acids is 1. The number of hydrogen-bond acceptors (Lipinski definition) is 5. The zero-order chi connectivity index (χ0) is 13.8. The Morgan fingerprint density at radius 3 is 2.37 bits per heavy atom. The molecule has 0 aliphatic rings. The molecule has 19 heavy (non-hydrogen) atoms. The Morgan fingerprint density at radius 2 is 1.74 bits per heavy atom. The van der Waals surface area contributed by atoms with Crippen LogP contribution >= 0.6 is 11.6 Å². The van der Waals surface area contributed by atoms with Crippen molar-refractivity contribution in [2.24, 2.45) is 0 Å². The van der Waals surface area contributed by atoms with Crippen molar-refractivity contribution in [1.29, 1.82) is 0 Å². The molecule has 0 aliphatic heterocycles. The smallest absolute Gasteiger partial charge is 0.364 e. The first-order chi connectivity index (χ1) is 9.09. The van der Waals surface area contributed by atoms with Crippen LogP contribution in [0.5, 0.6) is 5.75 Å². The predicted octanol–water partition coefficient (Wildman–Crippen LogP) is 2.05. The van der Waals surface area contributed by atoms with Gasteiger partial charge < -0.3 is 9.84 Å². The summed E-state index contributed by atoms with van der Waals surface area (Å²) in [4.78, 5) is 30.0. The van der Waals surface area contributed by atoms with Gasteiger partial charge in [0.1, 0.15) is 5.75 Å². The van der Waals surface area contributed by atoms with Gasteiger partial charge in [0.25, 0.3) is 0 Å². The van der Waals surface area contributed by atoms with Crippen molar-refractivity contribution in [2.45, 2.75) is 0 Å². The van der Waals surface area contributed by atoms with Crippen LogP contribution in [0.2, 0.25) is 5.02 Å². The number of aromatic nitrogens is 2. The summed E-state index contributed by atoms with van der Waals surface area (Å²) in [5.41, 5.74) is -0.852. The Kier molecular flexibility index (Phi) is 3.72. The Morgan fingerprint density at radius 1 is 1.11 bits per heavy atom. The molecule has 0 aliphatic carbocycles. The third-order valence-corrected chi connectivity index (χ3v) is 2.45. The molecule has 0 saturated carbocycles. The van der Waals surface area contributed by atoms with Crippen LogP contribution < -0.4 is 4.74 Å². The number of benzene rings is 1. The van der Waals surface area contributed by atoms with Crippen LogP contribution in [0.15, 0.2) is 36.7 Å². The maximum Gasteiger partial charge on any atom is 0.364 e. The summed E-state index contributed by atoms with van der Waals surface area (Å²) in [6.45, 7) is 0. The van der Waals surface area contributed by atoms with E-state index in [1.165, 1.54) is 18.5 Å². The van der Waals surface area contributed by atoms with Gasteiger partial charge in [0.2, 0.25) is 0 Å². The molecule has 0 unspecified atom stereocenters. The lowest BCUT2D eigenvalue weighted by atomic mass is 10.3. The summed E-state index contributed by atoms with van der Waals surface area (Å²) >= 11 is 5.83. The second-order valence-electron chi connectivity index (χ2n) is 3.38. The average molecular weight is 279 g/mol. The van der Waals surface area contributed by atoms with Crippen LogP contribution in [-0.4, -0.2) is 27.0 Å². The third-order valence-electron chi connectivity index (χ3n) is 2.13. The minimum absolute atomic E-state index is 0.121. The number of aromatic carboxylic acids is 1. The Balaban J connectivity index is 2.31. The van der Waals surface area contributed by atoms with Crippen molar-refractivity contribution in [3.63, 3.8) is 0 Å². The van der Waals surface area contributed by atoms with Crippen LogP contribution in [-0.2, 0) is 0 Å². The highest BCUT2D eigenvalue weighted by Crippen LogP contribution is 2.24. The lowest BCUT2D eigenvalue weighted by Crippen LogP contribution is -2.17. The first kappa shape index (κ1) is 13.0. The van der Waals surface area contributed by atoms with E-state index in [1.54, 1.807) is 18.2 Å². The topological polar surface area (TPSA) is 89.4 Å². The Hall–Kier alpha value is -2.47. The molecule has 7 heteroatoms. The normalized spacial score (nSPS) is 9.95. The lowest BCUT2D eigenvalue weighted by molar-refractivity contribution is 0.0658. The summed E-state index contributed by atoms with van der Waals surface area (Å²) < 4.78 is 4.99. The maximum atomic E-state index is 11.8. The van der Waals surface area contributed by atoms with Gasteiger partial charge in [-0.3, -0.25) is 0 Å². The van der Waals surface area contributed by atoms with Gasteiger partial charge in [-0.2, -0.15) is 0 Å². The summed E-state index contributed by atoms with van der Waals surface area (Å²) in [6.07, 6.45) is 2.38. The molecule has 6 nitrogen and oxygen atoms in total. The third kappa shape index (κ3) is 2.86. The van der Waals surface area contributed by atoms with E-state index in [0.29, 0.717) is 0 Å². The van der Waals surface area contributed by atoms with E-state index >= 15 is 0 Å². The molecule has 2 aromatic rings. The fraction of sp³-hybridized carbons (Fsp3) is 0. The second-order valence-corrected chi connectivity index (χ2v) is 3.79. The number of ether oxygens (including phenoxy) is 1. The fourth-order valence-electron chi connectivity index (χ4n) is 1.32. The maximum absolute atomic E-state index is 11.8. The lowest BCUT2D eigenvalue weighted by Gasteiger charge is -2.06. The van der Waals surface area contributed by atoms with E-state index in [1.807, 2.05) is 0 Å². The zero-order valence-corrected chi connectivity index (χ0v) is 10.2. The molecule has 0 radical (unpaired) electrons. The minimum atomic E-state index is -1.36. The van der Waals surface area contributed by atoms with Crippen molar-refractivity contribution in [3.8, 4) is 5.75 Å². The van der Waals surface area contributed by atoms with Gasteiger partial charge >= 0.3 is 11.9 Å². The van der Waals surface area contributed by atoms with Gasteiger partial charge in [0.05, 0.1) is 5.02 Å². The molecule has 0 spiro atoms. The molecule has 0 atom stereocenters. The summed E-state index contributed by atoms with van der Waals surface area (Å²) in [5.74, 6) is -2.17. The van der Waals surface area contributed by atoms with E-state index in [-0.39, 0.29) is 16.5 Å². The highest BCUT2D eigenvalue weighted by atomic mass is 35.5. The standard InChI is InChI=1S/C12H7ClN2O4/c13-7-3-1-2-4-8(7)19-12(18)10-9(11(16)17)14-5-6-15-10/h1-6H,(H,16,17). The molecular formula is C12H7ClN2O4. The summed E-state index contributed by atoms with van der Waals surface area (Å²) in [7, 11) is 0. The van der Waals surface area contributed by atoms with Crippen LogP contribution in [0, 0.1) is 0 Å². The quantitative estimate of drug-likeness (QED) is 0.683.